The van der Waals surface area contributed by atoms with E-state index in [-0.39, 0.29) is 12.5 Å². The van der Waals surface area contributed by atoms with E-state index < -0.39 is 0 Å². The van der Waals surface area contributed by atoms with E-state index in [1.807, 2.05) is 44.2 Å². The molecule has 2 aromatic carbocycles. The van der Waals surface area contributed by atoms with Crippen molar-refractivity contribution in [2.75, 3.05) is 18.9 Å². The van der Waals surface area contributed by atoms with E-state index in [1.165, 1.54) is 4.90 Å². The van der Waals surface area contributed by atoms with Gasteiger partial charge in [0.05, 0.1) is 0 Å². The fraction of sp³-hybridized carbons (Fsp3) is 0.278. The van der Waals surface area contributed by atoms with Gasteiger partial charge in [0.2, 0.25) is 0 Å². The first-order chi connectivity index (χ1) is 11.1. The largest absolute Gasteiger partial charge is 0.484 e. The van der Waals surface area contributed by atoms with Crippen LogP contribution in [0.3, 0.4) is 0 Å². The molecule has 0 heterocycles. The Labute approximate surface area is 149 Å². The van der Waals surface area contributed by atoms with Gasteiger partial charge in [0.25, 0.3) is 5.91 Å². The van der Waals surface area contributed by atoms with E-state index in [9.17, 15) is 4.79 Å². The quantitative estimate of drug-likeness (QED) is 0.561. The Morgan fingerprint density at radius 1 is 1.17 bits per heavy atom. The number of amides is 1. The number of halogens is 1. The maximum atomic E-state index is 11.8. The van der Waals surface area contributed by atoms with Crippen LogP contribution in [0, 0.1) is 13.8 Å². The predicted octanol–water partition coefficient (Wildman–Crippen LogP) is 4.35. The Hall–Kier alpha value is -1.46. The molecule has 0 aliphatic heterocycles. The number of thioether (sulfide) groups is 1. The normalized spacial score (nSPS) is 10.4. The third-order valence-corrected chi connectivity index (χ3v) is 5.48. The lowest BCUT2D eigenvalue weighted by atomic mass is 10.1. The summed E-state index contributed by atoms with van der Waals surface area (Å²) in [6.07, 6.45) is 0. The average molecular weight is 394 g/mol. The Kier molecular flexibility index (Phi) is 6.99. The van der Waals surface area contributed by atoms with Gasteiger partial charge in [-0.3, -0.25) is 4.79 Å². The maximum Gasteiger partial charge on any atom is 0.257 e. The molecule has 0 bridgehead atoms. The predicted molar refractivity (Wildman–Crippen MR) is 99.3 cm³/mol. The molecule has 23 heavy (non-hydrogen) atoms. The third-order valence-electron chi connectivity index (χ3n) is 3.22. The highest BCUT2D eigenvalue weighted by Crippen LogP contribution is 2.26. The molecule has 3 nitrogen and oxygen atoms in total. The molecule has 2 rings (SSSR count). The lowest BCUT2D eigenvalue weighted by molar-refractivity contribution is -0.122. The van der Waals surface area contributed by atoms with Crippen molar-refractivity contribution in [3.8, 4) is 5.75 Å². The van der Waals surface area contributed by atoms with E-state index in [0.29, 0.717) is 6.54 Å². The molecule has 0 saturated heterocycles. The molecule has 0 aromatic heterocycles. The Balaban J connectivity index is 1.69. The van der Waals surface area contributed by atoms with Crippen molar-refractivity contribution in [2.45, 2.75) is 18.7 Å². The van der Waals surface area contributed by atoms with Crippen LogP contribution in [0.1, 0.15) is 11.1 Å². The second kappa shape index (κ2) is 8.99. The topological polar surface area (TPSA) is 38.3 Å². The zero-order valence-electron chi connectivity index (χ0n) is 13.3. The summed E-state index contributed by atoms with van der Waals surface area (Å²) in [5, 5.41) is 2.87. The first kappa shape index (κ1) is 17.9. The number of carbonyl (C=O) groups excluding carboxylic acids is 1. The number of hydrogen-bond donors (Lipinski definition) is 1. The molecule has 0 radical (unpaired) electrons. The van der Waals surface area contributed by atoms with Gasteiger partial charge in [0.15, 0.2) is 6.61 Å². The van der Waals surface area contributed by atoms with Crippen molar-refractivity contribution in [1.29, 1.82) is 0 Å². The van der Waals surface area contributed by atoms with Crippen molar-refractivity contribution in [3.63, 3.8) is 0 Å². The van der Waals surface area contributed by atoms with Crippen LogP contribution < -0.4 is 10.1 Å². The Bertz CT molecular complexity index is 638. The van der Waals surface area contributed by atoms with Crippen molar-refractivity contribution in [3.05, 3.63) is 58.1 Å². The molecular formula is C18H20BrNO2S. The summed E-state index contributed by atoms with van der Waals surface area (Å²) in [5.74, 6) is 1.46. The van der Waals surface area contributed by atoms with Crippen LogP contribution >= 0.6 is 27.7 Å². The van der Waals surface area contributed by atoms with Gasteiger partial charge in [-0.2, -0.15) is 0 Å². The lowest BCUT2D eigenvalue weighted by Crippen LogP contribution is -2.30. The molecule has 0 aliphatic rings. The maximum absolute atomic E-state index is 11.8. The lowest BCUT2D eigenvalue weighted by Gasteiger charge is -2.10. The Morgan fingerprint density at radius 3 is 2.48 bits per heavy atom. The van der Waals surface area contributed by atoms with Gasteiger partial charge in [0, 0.05) is 21.7 Å². The summed E-state index contributed by atoms with van der Waals surface area (Å²) in [6, 6.07) is 14.0. The molecule has 0 saturated carbocycles. The number of benzene rings is 2. The first-order valence-corrected chi connectivity index (χ1v) is 9.18. The van der Waals surface area contributed by atoms with Gasteiger partial charge in [-0.15, -0.1) is 11.8 Å². The second-order valence-corrected chi connectivity index (χ2v) is 7.13. The van der Waals surface area contributed by atoms with Crippen molar-refractivity contribution >= 4 is 33.6 Å². The second-order valence-electron chi connectivity index (χ2n) is 5.17. The molecule has 122 valence electrons. The van der Waals surface area contributed by atoms with Gasteiger partial charge >= 0.3 is 0 Å². The molecule has 0 fully saturated rings. The highest BCUT2D eigenvalue weighted by molar-refractivity contribution is 9.10. The molecule has 0 unspecified atom stereocenters. The minimum atomic E-state index is -0.100. The molecule has 1 amide bonds. The molecule has 0 atom stereocenters. The van der Waals surface area contributed by atoms with Gasteiger partial charge in [-0.25, -0.2) is 0 Å². The zero-order chi connectivity index (χ0) is 16.7. The van der Waals surface area contributed by atoms with Gasteiger partial charge in [-0.1, -0.05) is 34.1 Å². The number of hydrogen-bond acceptors (Lipinski definition) is 3. The molecule has 0 aliphatic carbocycles. The molecular weight excluding hydrogens is 374 g/mol. The van der Waals surface area contributed by atoms with E-state index >= 15 is 0 Å². The van der Waals surface area contributed by atoms with Crippen LogP contribution in [0.4, 0.5) is 0 Å². The number of nitrogens with one attached hydrogen (secondary N) is 1. The number of aryl methyl sites for hydroxylation is 2. The average Bonchev–Trinajstić information content (AvgIpc) is 2.55. The number of carbonyl (C=O) groups is 1. The van der Waals surface area contributed by atoms with Gasteiger partial charge < -0.3 is 10.1 Å². The highest BCUT2D eigenvalue weighted by atomic mass is 79.9. The van der Waals surface area contributed by atoms with Crippen molar-refractivity contribution < 1.29 is 9.53 Å². The van der Waals surface area contributed by atoms with Gasteiger partial charge in [0.1, 0.15) is 5.75 Å². The van der Waals surface area contributed by atoms with Crippen molar-refractivity contribution in [2.24, 2.45) is 0 Å². The summed E-state index contributed by atoms with van der Waals surface area (Å²) in [4.78, 5) is 13.0. The van der Waals surface area contributed by atoms with E-state index in [1.54, 1.807) is 11.8 Å². The summed E-state index contributed by atoms with van der Waals surface area (Å²) in [5.41, 5.74) is 2.19. The monoisotopic (exact) mass is 393 g/mol. The smallest absolute Gasteiger partial charge is 0.257 e. The standard InChI is InChI=1S/C18H20BrNO2S/c1-13-10-15(11-14(2)18(13)19)22-12-17(21)20-8-9-23-16-6-4-3-5-7-16/h3-7,10-11H,8-9,12H2,1-2H3,(H,20,21). The van der Waals surface area contributed by atoms with Crippen LogP contribution in [-0.2, 0) is 4.79 Å². The fourth-order valence-corrected chi connectivity index (χ4v) is 3.08. The minimum Gasteiger partial charge on any atom is -0.484 e. The third kappa shape index (κ3) is 5.92. The fourth-order valence-electron chi connectivity index (χ4n) is 2.07. The van der Waals surface area contributed by atoms with E-state index in [0.717, 1.165) is 27.1 Å². The SMILES string of the molecule is Cc1cc(OCC(=O)NCCSc2ccccc2)cc(C)c1Br. The summed E-state index contributed by atoms with van der Waals surface area (Å²) in [6.45, 7) is 4.67. The number of rotatable bonds is 7. The summed E-state index contributed by atoms with van der Waals surface area (Å²) >= 11 is 5.24. The van der Waals surface area contributed by atoms with Crippen LogP contribution in [0.5, 0.6) is 5.75 Å². The van der Waals surface area contributed by atoms with Gasteiger partial charge in [-0.05, 0) is 49.2 Å². The van der Waals surface area contributed by atoms with E-state index in [4.69, 9.17) is 4.74 Å². The first-order valence-electron chi connectivity index (χ1n) is 7.40. The Morgan fingerprint density at radius 2 is 1.83 bits per heavy atom. The van der Waals surface area contributed by atoms with Crippen LogP contribution in [0.25, 0.3) is 0 Å². The minimum absolute atomic E-state index is 0.0382. The molecule has 2 aromatic rings. The van der Waals surface area contributed by atoms with Crippen molar-refractivity contribution in [1.82, 2.24) is 5.32 Å². The number of ether oxygens (including phenoxy) is 1. The van der Waals surface area contributed by atoms with Crippen LogP contribution in [0.15, 0.2) is 51.8 Å². The zero-order valence-corrected chi connectivity index (χ0v) is 15.7. The molecule has 0 spiro atoms. The van der Waals surface area contributed by atoms with E-state index in [2.05, 4.69) is 33.4 Å². The molecule has 1 N–H and O–H groups in total. The summed E-state index contributed by atoms with van der Waals surface area (Å²) in [7, 11) is 0. The van der Waals surface area contributed by atoms with Crippen LogP contribution in [-0.4, -0.2) is 24.8 Å². The highest BCUT2D eigenvalue weighted by Gasteiger charge is 2.06. The molecule has 5 heteroatoms. The summed E-state index contributed by atoms with van der Waals surface area (Å²) < 4.78 is 6.64. The van der Waals surface area contributed by atoms with Crippen LogP contribution in [0.2, 0.25) is 0 Å².